The van der Waals surface area contributed by atoms with E-state index in [1.165, 1.54) is 44.8 Å². The Bertz CT molecular complexity index is 1490. The summed E-state index contributed by atoms with van der Waals surface area (Å²) >= 11 is 0. The molecule has 46 heavy (non-hydrogen) atoms. The van der Waals surface area contributed by atoms with Crippen LogP contribution in [-0.2, 0) is 14.3 Å². The molecule has 2 aliphatic heterocycles. The number of nitrogens with zero attached hydrogens (tertiary/aromatic N) is 2. The number of carbonyl (C=O) groups excluding carboxylic acids is 1. The van der Waals surface area contributed by atoms with Crippen LogP contribution in [0.3, 0.4) is 0 Å². The highest BCUT2D eigenvalue weighted by atomic mass is 16.5. The van der Waals surface area contributed by atoms with Crippen LogP contribution >= 0.6 is 0 Å². The average Bonchev–Trinajstić information content (AvgIpc) is 3.68. The Kier molecular flexibility index (Phi) is 9.50. The van der Waals surface area contributed by atoms with Crippen LogP contribution in [0.5, 0.6) is 0 Å². The summed E-state index contributed by atoms with van der Waals surface area (Å²) in [6.07, 6.45) is 14.8. The highest BCUT2D eigenvalue weighted by molar-refractivity contribution is 6.09. The van der Waals surface area contributed by atoms with Crippen LogP contribution in [0.25, 0.3) is 12.2 Å². The van der Waals surface area contributed by atoms with Crippen molar-refractivity contribution in [3.8, 4) is 0 Å². The zero-order chi connectivity index (χ0) is 31.3. The molecular formula is C41H46N2O3. The monoisotopic (exact) mass is 614 g/mol. The van der Waals surface area contributed by atoms with Gasteiger partial charge in [0.15, 0.2) is 5.78 Å². The fourth-order valence-electron chi connectivity index (χ4n) is 7.76. The van der Waals surface area contributed by atoms with E-state index >= 15 is 0 Å². The summed E-state index contributed by atoms with van der Waals surface area (Å²) in [6, 6.07) is 21.2. The van der Waals surface area contributed by atoms with Crippen molar-refractivity contribution in [2.45, 2.75) is 45.4 Å². The largest absolute Gasteiger partial charge is 0.378 e. The molecule has 238 valence electrons. The lowest BCUT2D eigenvalue weighted by Crippen LogP contribution is -2.36. The first-order valence-corrected chi connectivity index (χ1v) is 17.2. The zero-order valence-corrected chi connectivity index (χ0v) is 27.2. The van der Waals surface area contributed by atoms with Crippen molar-refractivity contribution >= 4 is 17.9 Å². The second kappa shape index (κ2) is 14.2. The van der Waals surface area contributed by atoms with Crippen molar-refractivity contribution in [2.75, 3.05) is 52.6 Å². The number of ether oxygens (including phenoxy) is 2. The molecule has 1 saturated carbocycles. The van der Waals surface area contributed by atoms with Crippen LogP contribution in [0.4, 0.5) is 0 Å². The normalized spacial score (nSPS) is 26.5. The Morgan fingerprint density at radius 1 is 0.565 bits per heavy atom. The van der Waals surface area contributed by atoms with Crippen LogP contribution in [0, 0.1) is 5.92 Å². The van der Waals surface area contributed by atoms with E-state index in [-0.39, 0.29) is 5.78 Å². The van der Waals surface area contributed by atoms with Crippen molar-refractivity contribution in [3.05, 3.63) is 129 Å². The molecule has 0 atom stereocenters. The Morgan fingerprint density at radius 2 is 0.978 bits per heavy atom. The van der Waals surface area contributed by atoms with Gasteiger partial charge in [-0.1, -0.05) is 67.6 Å². The molecule has 0 aromatic heterocycles. The van der Waals surface area contributed by atoms with Crippen molar-refractivity contribution in [3.63, 3.8) is 0 Å². The number of carbonyl (C=O) groups is 1. The fourth-order valence-corrected chi connectivity index (χ4v) is 7.76. The lowest BCUT2D eigenvalue weighted by atomic mass is 9.80. The van der Waals surface area contributed by atoms with Gasteiger partial charge in [0.2, 0.25) is 0 Å². The summed E-state index contributed by atoms with van der Waals surface area (Å²) in [5.41, 5.74) is 12.4. The third kappa shape index (κ3) is 6.91. The lowest BCUT2D eigenvalue weighted by molar-refractivity contribution is -0.113. The number of Topliss-reactive ketones (excluding diaryl/α,β-unsaturated/α-hetero) is 1. The summed E-state index contributed by atoms with van der Waals surface area (Å²) in [5, 5.41) is 0. The van der Waals surface area contributed by atoms with E-state index in [0.29, 0.717) is 5.92 Å². The number of allylic oxidation sites excluding steroid dienone is 8. The average molecular weight is 615 g/mol. The van der Waals surface area contributed by atoms with E-state index in [4.69, 9.17) is 9.47 Å². The minimum atomic E-state index is 0.238. The predicted molar refractivity (Wildman–Crippen MR) is 186 cm³/mol. The SMILES string of the molecule is CC1C/C(=C/C2=C(N3CCOCC3)C(=C\c3ccccc3)/CC2)C(=O)/C(=C\C2=C(N3CCOCC3)C(=C\c3ccccc3)/CC2)C1. The van der Waals surface area contributed by atoms with Gasteiger partial charge in [-0.05, 0) is 102 Å². The summed E-state index contributed by atoms with van der Waals surface area (Å²) in [7, 11) is 0. The smallest absolute Gasteiger partial charge is 0.185 e. The number of morpholine rings is 2. The van der Waals surface area contributed by atoms with Crippen LogP contribution in [0.15, 0.2) is 118 Å². The number of benzene rings is 2. The second-order valence-corrected chi connectivity index (χ2v) is 13.3. The maximum absolute atomic E-state index is 14.3. The molecule has 5 nitrogen and oxygen atoms in total. The van der Waals surface area contributed by atoms with Crippen LogP contribution < -0.4 is 0 Å². The van der Waals surface area contributed by atoms with E-state index in [0.717, 1.165) is 102 Å². The highest BCUT2D eigenvalue weighted by Gasteiger charge is 2.31. The standard InChI is InChI=1S/C41H46N2O3/c1-30-24-37(28-35-14-12-33(26-31-8-4-2-5-9-31)39(35)42-16-20-45-21-17-42)41(44)38(25-30)29-36-15-13-34(27-32-10-6-3-7-11-32)40(36)43-18-22-46-23-19-43/h2-11,26-30H,12-25H2,1H3/b33-26-,34-27-,37-28-,38-29-. The second-order valence-electron chi connectivity index (χ2n) is 13.3. The molecule has 7 rings (SSSR count). The molecule has 2 aromatic carbocycles. The minimum Gasteiger partial charge on any atom is -0.378 e. The van der Waals surface area contributed by atoms with E-state index in [2.05, 4.69) is 102 Å². The third-order valence-electron chi connectivity index (χ3n) is 9.90. The Morgan fingerprint density at radius 3 is 1.39 bits per heavy atom. The van der Waals surface area contributed by atoms with Gasteiger partial charge in [0, 0.05) is 48.7 Å². The lowest BCUT2D eigenvalue weighted by Gasteiger charge is -2.32. The summed E-state index contributed by atoms with van der Waals surface area (Å²) in [4.78, 5) is 19.3. The highest BCUT2D eigenvalue weighted by Crippen LogP contribution is 2.41. The molecule has 0 unspecified atom stereocenters. The van der Waals surface area contributed by atoms with Crippen LogP contribution in [-0.4, -0.2) is 68.2 Å². The van der Waals surface area contributed by atoms with Gasteiger partial charge in [-0.25, -0.2) is 0 Å². The molecule has 2 aromatic rings. The third-order valence-corrected chi connectivity index (χ3v) is 9.90. The topological polar surface area (TPSA) is 42.0 Å². The molecule has 0 bridgehead atoms. The molecule has 2 heterocycles. The van der Waals surface area contributed by atoms with E-state index < -0.39 is 0 Å². The number of ketones is 1. The minimum absolute atomic E-state index is 0.238. The maximum Gasteiger partial charge on any atom is 0.185 e. The van der Waals surface area contributed by atoms with Crippen LogP contribution in [0.2, 0.25) is 0 Å². The van der Waals surface area contributed by atoms with Crippen molar-refractivity contribution in [1.82, 2.24) is 9.80 Å². The Labute approximate surface area is 274 Å². The number of hydrogen-bond acceptors (Lipinski definition) is 5. The molecule has 5 heteroatoms. The number of hydrogen-bond donors (Lipinski definition) is 0. The Hall–Kier alpha value is -3.93. The van der Waals surface area contributed by atoms with Gasteiger partial charge in [-0.3, -0.25) is 4.79 Å². The molecule has 2 saturated heterocycles. The van der Waals surface area contributed by atoms with Gasteiger partial charge in [-0.2, -0.15) is 0 Å². The van der Waals surface area contributed by atoms with Gasteiger partial charge >= 0.3 is 0 Å². The molecule has 3 fully saturated rings. The van der Waals surface area contributed by atoms with Gasteiger partial charge in [0.1, 0.15) is 0 Å². The zero-order valence-electron chi connectivity index (χ0n) is 27.2. The number of rotatable bonds is 6. The van der Waals surface area contributed by atoms with E-state index in [9.17, 15) is 4.79 Å². The van der Waals surface area contributed by atoms with E-state index in [1.54, 1.807) is 0 Å². The predicted octanol–water partition coefficient (Wildman–Crippen LogP) is 7.77. The molecule has 3 aliphatic carbocycles. The maximum atomic E-state index is 14.3. The molecule has 5 aliphatic rings. The van der Waals surface area contributed by atoms with Crippen molar-refractivity contribution < 1.29 is 14.3 Å². The van der Waals surface area contributed by atoms with Crippen LogP contribution in [0.1, 0.15) is 56.6 Å². The first kappa shape index (κ1) is 30.7. The fraction of sp³-hybridized carbons (Fsp3) is 0.390. The first-order valence-electron chi connectivity index (χ1n) is 17.2. The van der Waals surface area contributed by atoms with Gasteiger partial charge < -0.3 is 19.3 Å². The van der Waals surface area contributed by atoms with Gasteiger partial charge in [0.25, 0.3) is 0 Å². The Balaban J connectivity index is 1.24. The van der Waals surface area contributed by atoms with Crippen molar-refractivity contribution in [1.29, 1.82) is 0 Å². The molecule has 0 N–H and O–H groups in total. The van der Waals surface area contributed by atoms with Gasteiger partial charge in [0.05, 0.1) is 26.4 Å². The molecule has 0 spiro atoms. The first-order chi connectivity index (χ1) is 22.6. The van der Waals surface area contributed by atoms with E-state index in [1.807, 2.05) is 0 Å². The van der Waals surface area contributed by atoms with Crippen molar-refractivity contribution in [2.24, 2.45) is 5.92 Å². The summed E-state index contributed by atoms with van der Waals surface area (Å²) < 4.78 is 11.4. The quantitative estimate of drug-likeness (QED) is 0.311. The molecule has 0 radical (unpaired) electrons. The summed E-state index contributed by atoms with van der Waals surface area (Å²) in [6.45, 7) is 8.84. The molecule has 0 amide bonds. The van der Waals surface area contributed by atoms with Gasteiger partial charge in [-0.15, -0.1) is 0 Å². The summed E-state index contributed by atoms with van der Waals surface area (Å²) in [5.74, 6) is 0.665. The molecular weight excluding hydrogens is 568 g/mol.